The molecule has 0 amide bonds. The van der Waals surface area contributed by atoms with E-state index < -0.39 is 10.0 Å². The third-order valence-electron chi connectivity index (χ3n) is 2.95. The Morgan fingerprint density at radius 3 is 2.75 bits per heavy atom. The number of hydrogen-bond acceptors (Lipinski definition) is 5. The first-order chi connectivity index (χ1) is 9.45. The van der Waals surface area contributed by atoms with Crippen molar-refractivity contribution in [3.8, 4) is 0 Å². The van der Waals surface area contributed by atoms with Crippen molar-refractivity contribution in [2.24, 2.45) is 0 Å². The van der Waals surface area contributed by atoms with Crippen LogP contribution in [0.5, 0.6) is 0 Å². The van der Waals surface area contributed by atoms with Crippen LogP contribution in [-0.4, -0.2) is 18.5 Å². The van der Waals surface area contributed by atoms with E-state index in [4.69, 9.17) is 0 Å². The number of aliphatic hydroxyl groups is 1. The van der Waals surface area contributed by atoms with E-state index in [0.717, 1.165) is 5.56 Å². The lowest BCUT2D eigenvalue weighted by Crippen LogP contribution is -2.25. The minimum atomic E-state index is -3.64. The number of nitrogens with one attached hydrogen (secondary N) is 1. The molecule has 2 aromatic heterocycles. The van der Waals surface area contributed by atoms with Crippen LogP contribution in [0.15, 0.2) is 28.6 Å². The largest absolute Gasteiger partial charge is 0.391 e. The second-order valence-electron chi connectivity index (χ2n) is 4.42. The molecular weight excluding hydrogens is 296 g/mol. The van der Waals surface area contributed by atoms with Crippen LogP contribution in [0.1, 0.15) is 21.7 Å². The Balaban J connectivity index is 2.24. The maximum atomic E-state index is 12.3. The third-order valence-corrected chi connectivity index (χ3v) is 5.80. The molecule has 0 aromatic carbocycles. The van der Waals surface area contributed by atoms with Crippen LogP contribution in [0, 0.1) is 13.8 Å². The Hall–Kier alpha value is -1.28. The number of pyridine rings is 1. The van der Waals surface area contributed by atoms with Gasteiger partial charge in [0.05, 0.1) is 23.7 Å². The van der Waals surface area contributed by atoms with Crippen LogP contribution in [0.2, 0.25) is 0 Å². The summed E-state index contributed by atoms with van der Waals surface area (Å²) in [6.45, 7) is 3.45. The van der Waals surface area contributed by atoms with Crippen molar-refractivity contribution in [1.82, 2.24) is 9.71 Å². The average Bonchev–Trinajstić information content (AvgIpc) is 2.80. The zero-order valence-electron chi connectivity index (χ0n) is 11.3. The molecule has 108 valence electrons. The molecule has 0 saturated carbocycles. The Kier molecular flexibility index (Phi) is 4.54. The highest BCUT2D eigenvalue weighted by Gasteiger charge is 2.22. The summed E-state index contributed by atoms with van der Waals surface area (Å²) in [7, 11) is -3.64. The second kappa shape index (κ2) is 6.01. The smallest absolute Gasteiger partial charge is 0.242 e. The van der Waals surface area contributed by atoms with Gasteiger partial charge < -0.3 is 5.11 Å². The highest BCUT2D eigenvalue weighted by molar-refractivity contribution is 7.89. The van der Waals surface area contributed by atoms with E-state index in [1.807, 2.05) is 13.0 Å². The van der Waals surface area contributed by atoms with Crippen LogP contribution >= 0.6 is 11.3 Å². The fourth-order valence-corrected chi connectivity index (χ4v) is 4.54. The van der Waals surface area contributed by atoms with Crippen molar-refractivity contribution >= 4 is 21.4 Å². The van der Waals surface area contributed by atoms with E-state index in [2.05, 4.69) is 9.71 Å². The first-order valence-electron chi connectivity index (χ1n) is 6.03. The molecule has 0 spiro atoms. The number of sulfonamides is 1. The summed E-state index contributed by atoms with van der Waals surface area (Å²) >= 11 is 1.24. The summed E-state index contributed by atoms with van der Waals surface area (Å²) < 4.78 is 27.2. The van der Waals surface area contributed by atoms with Gasteiger partial charge in [-0.05, 0) is 36.4 Å². The predicted molar refractivity (Wildman–Crippen MR) is 78.0 cm³/mol. The normalized spacial score (nSPS) is 11.8. The number of aliphatic hydroxyl groups excluding tert-OH is 1. The van der Waals surface area contributed by atoms with Gasteiger partial charge in [-0.3, -0.25) is 4.98 Å². The summed E-state index contributed by atoms with van der Waals surface area (Å²) in [5.41, 5.74) is 2.26. The van der Waals surface area contributed by atoms with Crippen molar-refractivity contribution in [3.63, 3.8) is 0 Å². The van der Waals surface area contributed by atoms with E-state index >= 15 is 0 Å². The Labute approximate surface area is 122 Å². The molecular formula is C13H16N2O3S2. The molecule has 0 aliphatic rings. The molecule has 7 heteroatoms. The van der Waals surface area contributed by atoms with Gasteiger partial charge in [0.25, 0.3) is 0 Å². The van der Waals surface area contributed by atoms with Gasteiger partial charge >= 0.3 is 0 Å². The molecule has 2 aromatic rings. The standard InChI is InChI=1S/C13H16N2O3S2/c1-9-4-3-5-14-11(9)6-15-20(17,18)13-10(2)8-19-12(13)7-16/h3-5,8,15-16H,6-7H2,1-2H3. The van der Waals surface area contributed by atoms with E-state index in [1.54, 1.807) is 24.6 Å². The minimum Gasteiger partial charge on any atom is -0.391 e. The van der Waals surface area contributed by atoms with Crippen molar-refractivity contribution in [2.45, 2.75) is 31.9 Å². The van der Waals surface area contributed by atoms with Gasteiger partial charge in [0.15, 0.2) is 0 Å². The van der Waals surface area contributed by atoms with Crippen LogP contribution in [0.4, 0.5) is 0 Å². The van der Waals surface area contributed by atoms with Gasteiger partial charge in [-0.1, -0.05) is 6.07 Å². The van der Waals surface area contributed by atoms with Crippen molar-refractivity contribution in [2.75, 3.05) is 0 Å². The van der Waals surface area contributed by atoms with Gasteiger partial charge in [-0.25, -0.2) is 13.1 Å². The Morgan fingerprint density at radius 1 is 1.35 bits per heavy atom. The van der Waals surface area contributed by atoms with Gasteiger partial charge in [-0.15, -0.1) is 11.3 Å². The zero-order chi connectivity index (χ0) is 14.8. The molecule has 0 atom stereocenters. The Bertz CT molecular complexity index is 708. The highest BCUT2D eigenvalue weighted by atomic mass is 32.2. The third kappa shape index (κ3) is 3.06. The number of hydrogen-bond donors (Lipinski definition) is 2. The number of aryl methyl sites for hydroxylation is 2. The molecule has 2 rings (SSSR count). The summed E-state index contributed by atoms with van der Waals surface area (Å²) in [5.74, 6) is 0. The number of thiophene rings is 1. The first kappa shape index (κ1) is 15.1. The molecule has 0 radical (unpaired) electrons. The monoisotopic (exact) mass is 312 g/mol. The number of nitrogens with zero attached hydrogens (tertiary/aromatic N) is 1. The zero-order valence-corrected chi connectivity index (χ0v) is 12.9. The molecule has 0 fully saturated rings. The van der Waals surface area contributed by atoms with Gasteiger partial charge in [0.2, 0.25) is 10.0 Å². The summed E-state index contributed by atoms with van der Waals surface area (Å²) in [6.07, 6.45) is 1.63. The lowest BCUT2D eigenvalue weighted by molar-refractivity contribution is 0.282. The minimum absolute atomic E-state index is 0.134. The Morgan fingerprint density at radius 2 is 2.10 bits per heavy atom. The van der Waals surface area contributed by atoms with Gasteiger partial charge in [-0.2, -0.15) is 0 Å². The average molecular weight is 312 g/mol. The fourth-order valence-electron chi connectivity index (χ4n) is 1.90. The second-order valence-corrected chi connectivity index (χ2v) is 7.09. The SMILES string of the molecule is Cc1cccnc1CNS(=O)(=O)c1c(C)csc1CO. The lowest BCUT2D eigenvalue weighted by Gasteiger charge is -2.09. The molecule has 0 bridgehead atoms. The molecule has 20 heavy (non-hydrogen) atoms. The van der Waals surface area contributed by atoms with Crippen LogP contribution in [0.25, 0.3) is 0 Å². The molecule has 0 unspecified atom stereocenters. The maximum absolute atomic E-state index is 12.3. The number of aromatic nitrogens is 1. The quantitative estimate of drug-likeness (QED) is 0.881. The van der Waals surface area contributed by atoms with E-state index in [9.17, 15) is 13.5 Å². The molecule has 5 nitrogen and oxygen atoms in total. The maximum Gasteiger partial charge on any atom is 0.242 e. The summed E-state index contributed by atoms with van der Waals surface area (Å²) in [6, 6.07) is 3.69. The lowest BCUT2D eigenvalue weighted by atomic mass is 10.2. The molecule has 0 aliphatic carbocycles. The van der Waals surface area contributed by atoms with Gasteiger partial charge in [0.1, 0.15) is 4.90 Å². The van der Waals surface area contributed by atoms with Gasteiger partial charge in [0, 0.05) is 6.20 Å². The summed E-state index contributed by atoms with van der Waals surface area (Å²) in [5, 5.41) is 11.0. The van der Waals surface area contributed by atoms with Crippen molar-refractivity contribution in [3.05, 3.63) is 45.4 Å². The van der Waals surface area contributed by atoms with Crippen molar-refractivity contribution < 1.29 is 13.5 Å². The summed E-state index contributed by atoms with van der Waals surface area (Å²) in [4.78, 5) is 4.78. The van der Waals surface area contributed by atoms with Crippen LogP contribution < -0.4 is 4.72 Å². The predicted octanol–water partition coefficient (Wildman–Crippen LogP) is 1.73. The van der Waals surface area contributed by atoms with Crippen LogP contribution in [0.3, 0.4) is 0 Å². The van der Waals surface area contributed by atoms with E-state index in [-0.39, 0.29) is 18.0 Å². The molecule has 0 aliphatic heterocycles. The van der Waals surface area contributed by atoms with Crippen molar-refractivity contribution in [1.29, 1.82) is 0 Å². The molecule has 2 heterocycles. The van der Waals surface area contributed by atoms with Crippen LogP contribution in [-0.2, 0) is 23.2 Å². The topological polar surface area (TPSA) is 79.3 Å². The number of rotatable bonds is 5. The van der Waals surface area contributed by atoms with E-state index in [1.165, 1.54) is 11.3 Å². The highest BCUT2D eigenvalue weighted by Crippen LogP contribution is 2.26. The fraction of sp³-hybridized carbons (Fsp3) is 0.308. The molecule has 2 N–H and O–H groups in total. The first-order valence-corrected chi connectivity index (χ1v) is 8.40. The van der Waals surface area contributed by atoms with E-state index in [0.29, 0.717) is 16.1 Å². The molecule has 0 saturated heterocycles.